The minimum absolute atomic E-state index is 0.150. The molecular formula is C17H16N4O3. The van der Waals surface area contributed by atoms with Crippen LogP contribution in [0.5, 0.6) is 11.6 Å². The van der Waals surface area contributed by atoms with Crippen LogP contribution in [-0.4, -0.2) is 42.2 Å². The largest absolute Gasteiger partial charge is 0.438 e. The first-order chi connectivity index (χ1) is 11.8. The summed E-state index contributed by atoms with van der Waals surface area (Å²) in [6.45, 7) is 2.30. The molecule has 1 aliphatic rings. The highest BCUT2D eigenvalue weighted by molar-refractivity contribution is 5.89. The predicted molar refractivity (Wildman–Crippen MR) is 86.9 cm³/mol. The molecule has 2 heterocycles. The lowest BCUT2D eigenvalue weighted by molar-refractivity contribution is 0.0564. The number of hydrogen-bond donors (Lipinski definition) is 1. The summed E-state index contributed by atoms with van der Waals surface area (Å²) < 4.78 is 10.8. The molecule has 7 nitrogen and oxygen atoms in total. The Kier molecular flexibility index (Phi) is 4.89. The first kappa shape index (κ1) is 15.8. The number of benzene rings is 1. The maximum Gasteiger partial charge on any atom is 0.321 e. The molecule has 1 N–H and O–H groups in total. The second kappa shape index (κ2) is 7.44. The molecular weight excluding hydrogens is 308 g/mol. The van der Waals surface area contributed by atoms with Gasteiger partial charge in [0.05, 0.1) is 13.2 Å². The molecule has 2 amide bonds. The Labute approximate surface area is 139 Å². The van der Waals surface area contributed by atoms with E-state index in [1.807, 2.05) is 6.07 Å². The minimum Gasteiger partial charge on any atom is -0.438 e. The van der Waals surface area contributed by atoms with Crippen LogP contribution in [0.2, 0.25) is 0 Å². The van der Waals surface area contributed by atoms with Crippen molar-refractivity contribution in [3.05, 3.63) is 48.2 Å². The number of morpholine rings is 1. The van der Waals surface area contributed by atoms with Gasteiger partial charge >= 0.3 is 6.03 Å². The summed E-state index contributed by atoms with van der Waals surface area (Å²) in [7, 11) is 0. The Morgan fingerprint density at radius 3 is 2.71 bits per heavy atom. The highest BCUT2D eigenvalue weighted by Gasteiger charge is 2.16. The summed E-state index contributed by atoms with van der Waals surface area (Å²) in [4.78, 5) is 17.9. The van der Waals surface area contributed by atoms with Gasteiger partial charge < -0.3 is 19.7 Å². The quantitative estimate of drug-likeness (QED) is 0.937. The number of amides is 2. The van der Waals surface area contributed by atoms with Gasteiger partial charge in [0.15, 0.2) is 0 Å². The summed E-state index contributed by atoms with van der Waals surface area (Å²) in [5, 5.41) is 11.9. The highest BCUT2D eigenvalue weighted by atomic mass is 16.5. The average Bonchev–Trinajstić information content (AvgIpc) is 2.64. The van der Waals surface area contributed by atoms with Crippen LogP contribution in [0.15, 0.2) is 42.6 Å². The fourth-order valence-corrected chi connectivity index (χ4v) is 2.24. The van der Waals surface area contributed by atoms with Gasteiger partial charge in [0.1, 0.15) is 17.4 Å². The number of rotatable bonds is 3. The topological polar surface area (TPSA) is 87.5 Å². The molecule has 0 unspecified atom stereocenters. The third-order valence-corrected chi connectivity index (χ3v) is 3.51. The molecule has 0 radical (unpaired) electrons. The fourth-order valence-electron chi connectivity index (χ4n) is 2.24. The standard InChI is InChI=1S/C17H16N4O3/c18-12-13-2-1-7-19-16(13)24-15-5-3-14(4-6-15)20-17(22)21-8-10-23-11-9-21/h1-7H,8-11H2,(H,20,22). The Morgan fingerprint density at radius 1 is 1.25 bits per heavy atom. The van der Waals surface area contributed by atoms with Gasteiger partial charge in [-0.05, 0) is 36.4 Å². The van der Waals surface area contributed by atoms with Gasteiger partial charge in [0.2, 0.25) is 5.88 Å². The van der Waals surface area contributed by atoms with E-state index in [0.717, 1.165) is 0 Å². The van der Waals surface area contributed by atoms with Crippen LogP contribution < -0.4 is 10.1 Å². The SMILES string of the molecule is N#Cc1cccnc1Oc1ccc(NC(=O)N2CCOCC2)cc1. The van der Waals surface area contributed by atoms with Crippen molar-refractivity contribution in [3.8, 4) is 17.7 Å². The number of hydrogen-bond acceptors (Lipinski definition) is 5. The van der Waals surface area contributed by atoms with Gasteiger partial charge in [0, 0.05) is 25.0 Å². The summed E-state index contributed by atoms with van der Waals surface area (Å²) >= 11 is 0. The van der Waals surface area contributed by atoms with E-state index in [4.69, 9.17) is 14.7 Å². The zero-order chi connectivity index (χ0) is 16.8. The van der Waals surface area contributed by atoms with Crippen LogP contribution in [0.4, 0.5) is 10.5 Å². The highest BCUT2D eigenvalue weighted by Crippen LogP contribution is 2.24. The van der Waals surface area contributed by atoms with E-state index in [1.165, 1.54) is 0 Å². The molecule has 0 aliphatic carbocycles. The van der Waals surface area contributed by atoms with E-state index in [9.17, 15) is 4.79 Å². The van der Waals surface area contributed by atoms with Crippen molar-refractivity contribution in [3.63, 3.8) is 0 Å². The molecule has 0 spiro atoms. The van der Waals surface area contributed by atoms with Crippen molar-refractivity contribution in [1.29, 1.82) is 5.26 Å². The number of aromatic nitrogens is 1. The minimum atomic E-state index is -0.150. The summed E-state index contributed by atoms with van der Waals surface area (Å²) in [5.41, 5.74) is 1.03. The van der Waals surface area contributed by atoms with Crippen molar-refractivity contribution in [2.24, 2.45) is 0 Å². The second-order valence-electron chi connectivity index (χ2n) is 5.12. The van der Waals surface area contributed by atoms with Crippen molar-refractivity contribution in [2.45, 2.75) is 0 Å². The van der Waals surface area contributed by atoms with E-state index < -0.39 is 0 Å². The summed E-state index contributed by atoms with van der Waals surface area (Å²) in [6.07, 6.45) is 1.56. The zero-order valence-corrected chi connectivity index (χ0v) is 12.9. The third-order valence-electron chi connectivity index (χ3n) is 3.51. The number of carbonyl (C=O) groups is 1. The fraction of sp³-hybridized carbons (Fsp3) is 0.235. The molecule has 2 aromatic rings. The van der Waals surface area contributed by atoms with Gasteiger partial charge in [-0.2, -0.15) is 5.26 Å². The predicted octanol–water partition coefficient (Wildman–Crippen LogP) is 2.61. The molecule has 3 rings (SSSR count). The average molecular weight is 324 g/mol. The molecule has 1 aliphatic heterocycles. The third kappa shape index (κ3) is 3.80. The van der Waals surface area contributed by atoms with Crippen LogP contribution >= 0.6 is 0 Å². The second-order valence-corrected chi connectivity index (χ2v) is 5.12. The first-order valence-electron chi connectivity index (χ1n) is 7.53. The smallest absolute Gasteiger partial charge is 0.321 e. The normalized spacial score (nSPS) is 13.9. The Balaban J connectivity index is 1.63. The zero-order valence-electron chi connectivity index (χ0n) is 12.9. The Bertz CT molecular complexity index is 749. The van der Waals surface area contributed by atoms with Gasteiger partial charge in [-0.3, -0.25) is 0 Å². The van der Waals surface area contributed by atoms with E-state index in [1.54, 1.807) is 47.5 Å². The number of pyridine rings is 1. The Morgan fingerprint density at radius 2 is 2.00 bits per heavy atom. The number of nitrogens with zero attached hydrogens (tertiary/aromatic N) is 3. The number of nitrogens with one attached hydrogen (secondary N) is 1. The monoisotopic (exact) mass is 324 g/mol. The van der Waals surface area contributed by atoms with Gasteiger partial charge in [0.25, 0.3) is 0 Å². The maximum atomic E-state index is 12.1. The maximum absolute atomic E-state index is 12.1. The Hall–Kier alpha value is -3.11. The summed E-state index contributed by atoms with van der Waals surface area (Å²) in [6, 6.07) is 12.1. The first-order valence-corrected chi connectivity index (χ1v) is 7.53. The van der Waals surface area contributed by atoms with Crippen LogP contribution in [0, 0.1) is 11.3 Å². The van der Waals surface area contributed by atoms with Crippen LogP contribution in [0.3, 0.4) is 0 Å². The molecule has 1 aromatic heterocycles. The number of carbonyl (C=O) groups excluding carboxylic acids is 1. The molecule has 24 heavy (non-hydrogen) atoms. The van der Waals surface area contributed by atoms with E-state index in [0.29, 0.717) is 43.3 Å². The molecule has 1 fully saturated rings. The van der Waals surface area contributed by atoms with Crippen LogP contribution in [0.25, 0.3) is 0 Å². The van der Waals surface area contributed by atoms with Crippen LogP contribution in [0.1, 0.15) is 5.56 Å². The van der Waals surface area contributed by atoms with Gasteiger partial charge in [-0.25, -0.2) is 9.78 Å². The van der Waals surface area contributed by atoms with E-state index >= 15 is 0 Å². The lowest BCUT2D eigenvalue weighted by atomic mass is 10.3. The number of ether oxygens (including phenoxy) is 2. The number of urea groups is 1. The lowest BCUT2D eigenvalue weighted by Gasteiger charge is -2.26. The molecule has 0 saturated carbocycles. The molecule has 0 atom stereocenters. The molecule has 122 valence electrons. The van der Waals surface area contributed by atoms with E-state index in [-0.39, 0.29) is 11.9 Å². The van der Waals surface area contributed by atoms with Gasteiger partial charge in [-0.1, -0.05) is 0 Å². The molecule has 1 aromatic carbocycles. The van der Waals surface area contributed by atoms with Crippen molar-refractivity contribution < 1.29 is 14.3 Å². The van der Waals surface area contributed by atoms with E-state index in [2.05, 4.69) is 10.3 Å². The van der Waals surface area contributed by atoms with Gasteiger partial charge in [-0.15, -0.1) is 0 Å². The summed E-state index contributed by atoms with van der Waals surface area (Å²) in [5.74, 6) is 0.791. The van der Waals surface area contributed by atoms with Crippen molar-refractivity contribution in [1.82, 2.24) is 9.88 Å². The molecule has 0 bridgehead atoms. The number of nitriles is 1. The molecule has 1 saturated heterocycles. The van der Waals surface area contributed by atoms with Crippen molar-refractivity contribution in [2.75, 3.05) is 31.6 Å². The van der Waals surface area contributed by atoms with Crippen LogP contribution in [-0.2, 0) is 4.74 Å². The number of anilines is 1. The van der Waals surface area contributed by atoms with Crippen molar-refractivity contribution >= 4 is 11.7 Å². The lowest BCUT2D eigenvalue weighted by Crippen LogP contribution is -2.43. The molecule has 7 heteroatoms.